The van der Waals surface area contributed by atoms with E-state index >= 15 is 0 Å². The van der Waals surface area contributed by atoms with Crippen LogP contribution < -0.4 is 0 Å². The lowest BCUT2D eigenvalue weighted by molar-refractivity contribution is -0.172. The summed E-state index contributed by atoms with van der Waals surface area (Å²) >= 11 is 0. The van der Waals surface area contributed by atoms with Crippen LogP contribution in [0.15, 0.2) is 36.4 Å². The van der Waals surface area contributed by atoms with Gasteiger partial charge in [-0.05, 0) is 12.5 Å². The zero-order valence-electron chi connectivity index (χ0n) is 10.4. The Kier molecular flexibility index (Phi) is 4.54. The number of ether oxygens (including phenoxy) is 2. The van der Waals surface area contributed by atoms with Gasteiger partial charge in [-0.1, -0.05) is 24.3 Å². The number of phenols is 1. The van der Waals surface area contributed by atoms with Crippen LogP contribution in [0.25, 0.3) is 0 Å². The predicted octanol–water partition coefficient (Wildman–Crippen LogP) is 2.08. The quantitative estimate of drug-likeness (QED) is 0.814. The van der Waals surface area contributed by atoms with Crippen molar-refractivity contribution >= 4 is 5.97 Å². The molecule has 1 aromatic rings. The van der Waals surface area contributed by atoms with E-state index < -0.39 is 5.97 Å². The highest BCUT2D eigenvalue weighted by Crippen LogP contribution is 2.36. The second-order valence-electron chi connectivity index (χ2n) is 4.37. The Morgan fingerprint density at radius 3 is 2.95 bits per heavy atom. The van der Waals surface area contributed by atoms with Crippen LogP contribution in [0.2, 0.25) is 0 Å². The standard InChI is InChI=1S/C14H16O5/c15-12-6-2-1-5-11(12)14-10(8-18-9-19-14)4-3-7-13(16)17/h1-3,5-7,10,14-15H,4,8-9H2,(H,16,17)/b7-3+/t10-,14+/m1/s1. The molecule has 0 bridgehead atoms. The van der Waals surface area contributed by atoms with Crippen molar-refractivity contribution < 1.29 is 24.5 Å². The van der Waals surface area contributed by atoms with E-state index in [4.69, 9.17) is 14.6 Å². The molecular weight excluding hydrogens is 248 g/mol. The van der Waals surface area contributed by atoms with Crippen LogP contribution in [0.4, 0.5) is 0 Å². The molecule has 1 heterocycles. The van der Waals surface area contributed by atoms with Crippen molar-refractivity contribution in [3.8, 4) is 5.75 Å². The first-order chi connectivity index (χ1) is 9.18. The minimum atomic E-state index is -0.975. The number of rotatable bonds is 4. The van der Waals surface area contributed by atoms with Crippen LogP contribution in [0.5, 0.6) is 5.75 Å². The van der Waals surface area contributed by atoms with Gasteiger partial charge in [0.15, 0.2) is 0 Å². The summed E-state index contributed by atoms with van der Waals surface area (Å²) in [5, 5.41) is 18.4. The number of hydrogen-bond donors (Lipinski definition) is 2. The monoisotopic (exact) mass is 264 g/mol. The number of aliphatic carboxylic acids is 1. The Bertz CT molecular complexity index is 469. The number of hydrogen-bond acceptors (Lipinski definition) is 4. The van der Waals surface area contributed by atoms with Crippen molar-refractivity contribution in [2.45, 2.75) is 12.5 Å². The van der Waals surface area contributed by atoms with Gasteiger partial charge in [0.05, 0.1) is 12.7 Å². The molecular formula is C14H16O5. The second-order valence-corrected chi connectivity index (χ2v) is 4.37. The summed E-state index contributed by atoms with van der Waals surface area (Å²) in [5.74, 6) is -0.809. The Balaban J connectivity index is 2.12. The van der Waals surface area contributed by atoms with Crippen molar-refractivity contribution in [1.82, 2.24) is 0 Å². The van der Waals surface area contributed by atoms with Gasteiger partial charge in [0.1, 0.15) is 12.5 Å². The fourth-order valence-corrected chi connectivity index (χ4v) is 2.15. The number of benzene rings is 1. The lowest BCUT2D eigenvalue weighted by Crippen LogP contribution is -2.28. The zero-order valence-corrected chi connectivity index (χ0v) is 10.4. The molecule has 0 amide bonds. The van der Waals surface area contributed by atoms with Crippen molar-refractivity contribution in [2.24, 2.45) is 5.92 Å². The maximum Gasteiger partial charge on any atom is 0.327 e. The van der Waals surface area contributed by atoms with Crippen LogP contribution in [0, 0.1) is 5.92 Å². The lowest BCUT2D eigenvalue weighted by atomic mass is 9.92. The van der Waals surface area contributed by atoms with Gasteiger partial charge in [-0.15, -0.1) is 0 Å². The minimum absolute atomic E-state index is 0.0161. The summed E-state index contributed by atoms with van der Waals surface area (Å²) in [6.45, 7) is 0.654. The van der Waals surface area contributed by atoms with E-state index in [1.807, 2.05) is 6.07 Å². The highest BCUT2D eigenvalue weighted by Gasteiger charge is 2.29. The molecule has 1 aromatic carbocycles. The van der Waals surface area contributed by atoms with E-state index in [1.165, 1.54) is 0 Å². The van der Waals surface area contributed by atoms with E-state index in [1.54, 1.807) is 24.3 Å². The average molecular weight is 264 g/mol. The van der Waals surface area contributed by atoms with E-state index in [9.17, 15) is 9.90 Å². The maximum atomic E-state index is 10.5. The third kappa shape index (κ3) is 3.56. The third-order valence-electron chi connectivity index (χ3n) is 3.03. The molecule has 2 atom stereocenters. The molecule has 0 spiro atoms. The summed E-state index contributed by atoms with van der Waals surface area (Å²) in [6.07, 6.45) is 2.92. The van der Waals surface area contributed by atoms with Crippen molar-refractivity contribution in [3.63, 3.8) is 0 Å². The Morgan fingerprint density at radius 2 is 2.21 bits per heavy atom. The fraction of sp³-hybridized carbons (Fsp3) is 0.357. The first-order valence-corrected chi connectivity index (χ1v) is 6.05. The van der Waals surface area contributed by atoms with Gasteiger partial charge in [0.25, 0.3) is 0 Å². The van der Waals surface area contributed by atoms with Gasteiger partial charge < -0.3 is 19.7 Å². The highest BCUT2D eigenvalue weighted by atomic mass is 16.7. The Morgan fingerprint density at radius 1 is 1.42 bits per heavy atom. The van der Waals surface area contributed by atoms with Gasteiger partial charge in [-0.25, -0.2) is 4.79 Å². The van der Waals surface area contributed by atoms with Crippen LogP contribution in [0.3, 0.4) is 0 Å². The lowest BCUT2D eigenvalue weighted by Gasteiger charge is -2.31. The van der Waals surface area contributed by atoms with Crippen LogP contribution in [0.1, 0.15) is 18.1 Å². The van der Waals surface area contributed by atoms with Crippen LogP contribution in [-0.4, -0.2) is 29.6 Å². The van der Waals surface area contributed by atoms with E-state index in [0.717, 1.165) is 6.08 Å². The molecule has 5 heteroatoms. The first-order valence-electron chi connectivity index (χ1n) is 6.05. The smallest absolute Gasteiger partial charge is 0.327 e. The molecule has 1 aliphatic heterocycles. The number of para-hydroxylation sites is 1. The van der Waals surface area contributed by atoms with Crippen molar-refractivity contribution in [2.75, 3.05) is 13.4 Å². The molecule has 1 saturated heterocycles. The molecule has 1 aliphatic rings. The fourth-order valence-electron chi connectivity index (χ4n) is 2.15. The number of carbonyl (C=O) groups is 1. The number of carboxylic acids is 1. The molecule has 0 radical (unpaired) electrons. The molecule has 0 saturated carbocycles. The second kappa shape index (κ2) is 6.36. The third-order valence-corrected chi connectivity index (χ3v) is 3.03. The molecule has 102 valence electrons. The summed E-state index contributed by atoms with van der Waals surface area (Å²) in [5.41, 5.74) is 0.708. The van der Waals surface area contributed by atoms with Crippen molar-refractivity contribution in [3.05, 3.63) is 42.0 Å². The summed E-state index contributed by atoms with van der Waals surface area (Å²) in [7, 11) is 0. The Labute approximate surface area is 111 Å². The number of carboxylic acid groups (broad SMARTS) is 1. The van der Waals surface area contributed by atoms with E-state index in [0.29, 0.717) is 18.6 Å². The summed E-state index contributed by atoms with van der Waals surface area (Å²) < 4.78 is 10.8. The van der Waals surface area contributed by atoms with E-state index in [2.05, 4.69) is 0 Å². The van der Waals surface area contributed by atoms with Gasteiger partial charge >= 0.3 is 5.97 Å². The van der Waals surface area contributed by atoms with Gasteiger partial charge in [-0.2, -0.15) is 0 Å². The normalized spacial score (nSPS) is 23.6. The molecule has 0 unspecified atom stereocenters. The number of phenolic OH excluding ortho intramolecular Hbond substituents is 1. The predicted molar refractivity (Wildman–Crippen MR) is 67.6 cm³/mol. The molecule has 0 aliphatic carbocycles. The van der Waals surface area contributed by atoms with Gasteiger partial charge in [0.2, 0.25) is 0 Å². The minimum Gasteiger partial charge on any atom is -0.508 e. The van der Waals surface area contributed by atoms with Crippen LogP contribution >= 0.6 is 0 Å². The zero-order chi connectivity index (χ0) is 13.7. The average Bonchev–Trinajstić information content (AvgIpc) is 2.40. The maximum absolute atomic E-state index is 10.5. The molecule has 0 aromatic heterocycles. The molecule has 2 rings (SSSR count). The summed E-state index contributed by atoms with van der Waals surface area (Å²) in [6, 6.07) is 6.99. The topological polar surface area (TPSA) is 76.0 Å². The molecule has 2 N–H and O–H groups in total. The van der Waals surface area contributed by atoms with Crippen LogP contribution in [-0.2, 0) is 14.3 Å². The molecule has 1 fully saturated rings. The SMILES string of the molecule is O=C(O)/C=C/C[C@@H]1COCO[C@@H]1c1ccccc1O. The van der Waals surface area contributed by atoms with Gasteiger partial charge in [-0.3, -0.25) is 0 Å². The molecule has 5 nitrogen and oxygen atoms in total. The number of aromatic hydroxyl groups is 1. The summed E-state index contributed by atoms with van der Waals surface area (Å²) in [4.78, 5) is 10.5. The largest absolute Gasteiger partial charge is 0.508 e. The Hall–Kier alpha value is -1.85. The van der Waals surface area contributed by atoms with E-state index in [-0.39, 0.29) is 24.6 Å². The highest BCUT2D eigenvalue weighted by molar-refractivity contribution is 5.79. The first kappa shape index (κ1) is 13.6. The van der Waals surface area contributed by atoms with Crippen molar-refractivity contribution in [1.29, 1.82) is 0 Å². The number of allylic oxidation sites excluding steroid dienone is 1. The van der Waals surface area contributed by atoms with Gasteiger partial charge in [0, 0.05) is 17.6 Å². The molecule has 19 heavy (non-hydrogen) atoms.